The van der Waals surface area contributed by atoms with Crippen LogP contribution < -0.4 is 10.3 Å². The Morgan fingerprint density at radius 2 is 1.88 bits per heavy atom. The van der Waals surface area contributed by atoms with Crippen molar-refractivity contribution in [1.29, 1.82) is 0 Å². The Morgan fingerprint density at radius 1 is 1.09 bits per heavy atom. The first kappa shape index (κ1) is 21.1. The number of hydrogen-bond acceptors (Lipinski definition) is 4. The van der Waals surface area contributed by atoms with Gasteiger partial charge in [-0.25, -0.2) is 9.82 Å². The third kappa shape index (κ3) is 4.44. The van der Waals surface area contributed by atoms with E-state index in [-0.39, 0.29) is 23.5 Å². The smallest absolute Gasteiger partial charge is 0.253 e. The molecule has 1 fully saturated rings. The van der Waals surface area contributed by atoms with Crippen LogP contribution in [0.15, 0.2) is 77.4 Å². The number of carbonyl (C=O) groups is 2. The lowest BCUT2D eigenvalue weighted by Crippen LogP contribution is -2.48. The quantitative estimate of drug-likeness (QED) is 0.787. The van der Waals surface area contributed by atoms with Gasteiger partial charge in [0.05, 0.1) is 11.6 Å². The second-order valence-electron chi connectivity index (χ2n) is 8.51. The highest BCUT2D eigenvalue weighted by Crippen LogP contribution is 2.26. The summed E-state index contributed by atoms with van der Waals surface area (Å²) in [4.78, 5) is 29.3. The number of nitrogens with one attached hydrogen (secondary N) is 1. The average Bonchev–Trinajstić information content (AvgIpc) is 2.86. The minimum absolute atomic E-state index is 0.00665. The molecule has 0 saturated carbocycles. The molecule has 1 aliphatic carbocycles. The molecule has 2 aliphatic heterocycles. The third-order valence-corrected chi connectivity index (χ3v) is 6.41. The predicted octanol–water partition coefficient (Wildman–Crippen LogP) is 3.32. The van der Waals surface area contributed by atoms with Crippen LogP contribution >= 0.6 is 0 Å². The summed E-state index contributed by atoms with van der Waals surface area (Å²) in [6.45, 7) is 2.63. The highest BCUT2D eigenvalue weighted by atomic mass is 19.1. The highest BCUT2D eigenvalue weighted by Gasteiger charge is 2.30. The first-order chi connectivity index (χ1) is 16.1. The SMILES string of the molecule is O=C1NN=C(Cc2cccc(C(=O)N3CCN(c4ccc(F)cc4)CC3)c2)C2=CC=CCC12. The van der Waals surface area contributed by atoms with Gasteiger partial charge in [-0.15, -0.1) is 0 Å². The van der Waals surface area contributed by atoms with E-state index in [1.807, 2.05) is 47.4 Å². The van der Waals surface area contributed by atoms with Crippen LogP contribution in [-0.2, 0) is 11.2 Å². The maximum atomic E-state index is 13.2. The number of allylic oxidation sites excluding steroid dienone is 3. The molecule has 0 bridgehead atoms. The van der Waals surface area contributed by atoms with Crippen LogP contribution in [0.4, 0.5) is 10.1 Å². The molecule has 0 spiro atoms. The van der Waals surface area contributed by atoms with Gasteiger partial charge in [-0.1, -0.05) is 30.4 Å². The number of anilines is 1. The van der Waals surface area contributed by atoms with E-state index in [1.165, 1.54) is 12.1 Å². The Kier molecular flexibility index (Phi) is 5.77. The van der Waals surface area contributed by atoms with Crippen LogP contribution in [-0.4, -0.2) is 48.6 Å². The maximum absolute atomic E-state index is 13.2. The number of amides is 2. The van der Waals surface area contributed by atoms with Crippen LogP contribution in [0.2, 0.25) is 0 Å². The largest absolute Gasteiger partial charge is 0.368 e. The van der Waals surface area contributed by atoms with Gasteiger partial charge in [-0.2, -0.15) is 5.10 Å². The number of nitrogens with zero attached hydrogens (tertiary/aromatic N) is 3. The van der Waals surface area contributed by atoms with Crippen LogP contribution in [0, 0.1) is 11.7 Å². The van der Waals surface area contributed by atoms with Gasteiger partial charge < -0.3 is 9.80 Å². The van der Waals surface area contributed by atoms with E-state index < -0.39 is 0 Å². The van der Waals surface area contributed by atoms with E-state index in [4.69, 9.17) is 0 Å². The van der Waals surface area contributed by atoms with Gasteiger partial charge in [-0.3, -0.25) is 9.59 Å². The van der Waals surface area contributed by atoms with Crippen molar-refractivity contribution in [2.24, 2.45) is 11.0 Å². The fourth-order valence-corrected chi connectivity index (χ4v) is 4.59. The Balaban J connectivity index is 1.25. The molecule has 5 rings (SSSR count). The standard InChI is InChI=1S/C26H25FN4O2/c27-20-8-10-21(11-9-20)30-12-14-31(15-13-30)26(33)19-5-3-4-18(16-19)17-24-22-6-1-2-7-23(22)25(32)29-28-24/h1-6,8-11,16,23H,7,12-15,17H2,(H,29,32). The number of rotatable bonds is 4. The minimum Gasteiger partial charge on any atom is -0.368 e. The summed E-state index contributed by atoms with van der Waals surface area (Å²) in [6.07, 6.45) is 7.15. The Bertz CT molecular complexity index is 1160. The molecule has 168 valence electrons. The molecule has 2 aromatic carbocycles. The summed E-state index contributed by atoms with van der Waals surface area (Å²) in [5, 5.41) is 4.29. The maximum Gasteiger partial charge on any atom is 0.253 e. The van der Waals surface area contributed by atoms with Crippen molar-refractivity contribution in [2.75, 3.05) is 31.1 Å². The molecule has 2 heterocycles. The molecule has 7 heteroatoms. The predicted molar refractivity (Wildman–Crippen MR) is 126 cm³/mol. The van der Waals surface area contributed by atoms with Gasteiger partial charge in [0.1, 0.15) is 5.82 Å². The zero-order valence-electron chi connectivity index (χ0n) is 18.2. The first-order valence-corrected chi connectivity index (χ1v) is 11.2. The lowest BCUT2D eigenvalue weighted by molar-refractivity contribution is -0.124. The Morgan fingerprint density at radius 3 is 2.67 bits per heavy atom. The zero-order valence-corrected chi connectivity index (χ0v) is 18.2. The molecule has 1 atom stereocenters. The number of halogens is 1. The molecule has 33 heavy (non-hydrogen) atoms. The molecule has 3 aliphatic rings. The van der Waals surface area contributed by atoms with Gasteiger partial charge in [0, 0.05) is 43.9 Å². The number of piperazine rings is 1. The van der Waals surface area contributed by atoms with Crippen molar-refractivity contribution in [2.45, 2.75) is 12.8 Å². The molecule has 1 unspecified atom stereocenters. The number of benzene rings is 2. The molecule has 0 aromatic heterocycles. The number of hydrazone groups is 1. The summed E-state index contributed by atoms with van der Waals surface area (Å²) in [7, 11) is 0. The van der Waals surface area contributed by atoms with E-state index in [9.17, 15) is 14.0 Å². The fraction of sp³-hybridized carbons (Fsp3) is 0.269. The summed E-state index contributed by atoms with van der Waals surface area (Å²) in [5.41, 5.74) is 7.02. The van der Waals surface area contributed by atoms with Gasteiger partial charge in [0.2, 0.25) is 5.91 Å². The molecular formula is C26H25FN4O2. The van der Waals surface area contributed by atoms with Crippen LogP contribution in [0.3, 0.4) is 0 Å². The summed E-state index contributed by atoms with van der Waals surface area (Å²) in [5.74, 6) is -0.504. The van der Waals surface area contributed by atoms with Crippen LogP contribution in [0.5, 0.6) is 0 Å². The summed E-state index contributed by atoms with van der Waals surface area (Å²) in [6, 6.07) is 14.1. The number of carbonyl (C=O) groups excluding carboxylic acids is 2. The molecule has 2 amide bonds. The van der Waals surface area contributed by atoms with Gasteiger partial charge >= 0.3 is 0 Å². The van der Waals surface area contributed by atoms with Gasteiger partial charge in [0.25, 0.3) is 5.91 Å². The fourth-order valence-electron chi connectivity index (χ4n) is 4.59. The second kappa shape index (κ2) is 9.02. The lowest BCUT2D eigenvalue weighted by atomic mass is 9.84. The van der Waals surface area contributed by atoms with Gasteiger partial charge in [-0.05, 0) is 54.0 Å². The molecular weight excluding hydrogens is 419 g/mol. The molecule has 0 radical (unpaired) electrons. The van der Waals surface area contributed by atoms with Crippen molar-refractivity contribution in [1.82, 2.24) is 10.3 Å². The Hall–Kier alpha value is -3.74. The molecule has 1 saturated heterocycles. The normalized spacial score (nSPS) is 20.0. The highest BCUT2D eigenvalue weighted by molar-refractivity contribution is 6.09. The Labute approximate surface area is 192 Å². The number of hydrogen-bond donors (Lipinski definition) is 1. The van der Waals surface area contributed by atoms with Crippen molar-refractivity contribution >= 4 is 23.2 Å². The number of fused-ring (bicyclic) bond motifs is 1. The van der Waals surface area contributed by atoms with E-state index in [0.717, 1.165) is 22.5 Å². The average molecular weight is 445 g/mol. The monoisotopic (exact) mass is 444 g/mol. The van der Waals surface area contributed by atoms with Crippen molar-refractivity contribution < 1.29 is 14.0 Å². The minimum atomic E-state index is -0.249. The summed E-state index contributed by atoms with van der Waals surface area (Å²) >= 11 is 0. The van der Waals surface area contributed by atoms with Gasteiger partial charge in [0.15, 0.2) is 0 Å². The van der Waals surface area contributed by atoms with E-state index in [0.29, 0.717) is 44.6 Å². The third-order valence-electron chi connectivity index (χ3n) is 6.41. The van der Waals surface area contributed by atoms with E-state index in [1.54, 1.807) is 12.1 Å². The van der Waals surface area contributed by atoms with E-state index in [2.05, 4.69) is 15.4 Å². The van der Waals surface area contributed by atoms with Crippen molar-refractivity contribution in [3.63, 3.8) is 0 Å². The lowest BCUT2D eigenvalue weighted by Gasteiger charge is -2.36. The molecule has 2 aromatic rings. The molecule has 6 nitrogen and oxygen atoms in total. The summed E-state index contributed by atoms with van der Waals surface area (Å²) < 4.78 is 13.2. The van der Waals surface area contributed by atoms with E-state index >= 15 is 0 Å². The molecule has 1 N–H and O–H groups in total. The second-order valence-corrected chi connectivity index (χ2v) is 8.51. The van der Waals surface area contributed by atoms with Crippen molar-refractivity contribution in [3.8, 4) is 0 Å². The zero-order chi connectivity index (χ0) is 22.8. The van der Waals surface area contributed by atoms with Crippen LogP contribution in [0.25, 0.3) is 0 Å². The van der Waals surface area contributed by atoms with Crippen LogP contribution in [0.1, 0.15) is 22.3 Å². The topological polar surface area (TPSA) is 65.0 Å². The first-order valence-electron chi connectivity index (χ1n) is 11.2. The van der Waals surface area contributed by atoms with Crippen molar-refractivity contribution in [3.05, 3.63) is 89.3 Å².